The van der Waals surface area contributed by atoms with Gasteiger partial charge in [0, 0.05) is 50.2 Å². The van der Waals surface area contributed by atoms with Crippen molar-refractivity contribution in [3.05, 3.63) is 45.7 Å². The second kappa shape index (κ2) is 11.7. The van der Waals surface area contributed by atoms with Crippen molar-refractivity contribution >= 4 is 46.1 Å². The number of likely N-dealkylation sites (tertiary alicyclic amines) is 1. The molecule has 0 bridgehead atoms. The molecule has 0 unspecified atom stereocenters. The topological polar surface area (TPSA) is 94.2 Å². The van der Waals surface area contributed by atoms with Crippen molar-refractivity contribution in [2.24, 2.45) is 11.8 Å². The van der Waals surface area contributed by atoms with E-state index in [0.717, 1.165) is 50.5 Å². The second-order valence-corrected chi connectivity index (χ2v) is 11.8. The van der Waals surface area contributed by atoms with Crippen LogP contribution in [0.15, 0.2) is 24.4 Å². The average molecular weight is 570 g/mol. The lowest BCUT2D eigenvalue weighted by Gasteiger charge is -2.47. The van der Waals surface area contributed by atoms with E-state index in [4.69, 9.17) is 28.2 Å². The molecule has 0 saturated carbocycles. The van der Waals surface area contributed by atoms with Crippen LogP contribution in [0.3, 0.4) is 0 Å². The van der Waals surface area contributed by atoms with E-state index in [2.05, 4.69) is 26.0 Å². The van der Waals surface area contributed by atoms with Gasteiger partial charge < -0.3 is 14.7 Å². The molecule has 2 aliphatic rings. The van der Waals surface area contributed by atoms with E-state index in [1.807, 2.05) is 27.1 Å². The summed E-state index contributed by atoms with van der Waals surface area (Å²) in [6, 6.07) is 7.27. The van der Waals surface area contributed by atoms with E-state index in [9.17, 15) is 10.1 Å². The summed E-state index contributed by atoms with van der Waals surface area (Å²) in [5, 5.41) is 15.3. The standard InChI is InChI=1S/C28H34Cl2N8O/c1-18(22-9-8-21(29)12-23(22)30)38-28-27(24(13-31)34-38)32-14-25(33-28)37-16-20(17-37)19-6-4-10-36(15-19)11-5-7-26(39)35(2)3/h8-9,12,14,18-20H,4-7,10-11,15-17H2,1-3H3/t18-,19+/m1/s1. The van der Waals surface area contributed by atoms with Gasteiger partial charge in [-0.15, -0.1) is 0 Å². The Hall–Kier alpha value is -2.93. The molecule has 2 aliphatic heterocycles. The molecule has 5 rings (SSSR count). The molecule has 9 nitrogen and oxygen atoms in total. The molecule has 2 saturated heterocycles. The first kappa shape index (κ1) is 27.6. The van der Waals surface area contributed by atoms with Gasteiger partial charge in [-0.05, 0) is 68.8 Å². The maximum absolute atomic E-state index is 11.9. The number of hydrogen-bond donors (Lipinski definition) is 0. The number of nitrogens with zero attached hydrogens (tertiary/aromatic N) is 8. The maximum Gasteiger partial charge on any atom is 0.222 e. The van der Waals surface area contributed by atoms with E-state index in [0.29, 0.717) is 39.5 Å². The minimum absolute atomic E-state index is 0.199. The number of halogens is 2. The largest absolute Gasteiger partial charge is 0.355 e. The summed E-state index contributed by atoms with van der Waals surface area (Å²) in [6.45, 7) is 7.05. The minimum Gasteiger partial charge on any atom is -0.355 e. The third-order valence-corrected chi connectivity index (χ3v) is 8.64. The number of anilines is 1. The van der Waals surface area contributed by atoms with Crippen molar-refractivity contribution < 1.29 is 4.79 Å². The highest BCUT2D eigenvalue weighted by atomic mass is 35.5. The number of fused-ring (bicyclic) bond motifs is 1. The lowest BCUT2D eigenvalue weighted by molar-refractivity contribution is -0.128. The van der Waals surface area contributed by atoms with E-state index in [1.165, 1.54) is 12.8 Å². The monoisotopic (exact) mass is 568 g/mol. The van der Waals surface area contributed by atoms with Crippen molar-refractivity contribution in [1.82, 2.24) is 29.5 Å². The quantitative estimate of drug-likeness (QED) is 0.391. The van der Waals surface area contributed by atoms with Gasteiger partial charge in [0.2, 0.25) is 5.91 Å². The first-order valence-electron chi connectivity index (χ1n) is 13.5. The SMILES string of the molecule is C[C@H](c1ccc(Cl)cc1Cl)n1nc(C#N)c2ncc(N3CC([C@H]4CCCN(CCCC(=O)N(C)C)C4)C3)nc21. The summed E-state index contributed by atoms with van der Waals surface area (Å²) >= 11 is 12.6. The van der Waals surface area contributed by atoms with Crippen LogP contribution in [0.1, 0.15) is 49.9 Å². The third kappa shape index (κ3) is 5.84. The van der Waals surface area contributed by atoms with Crippen LogP contribution in [-0.4, -0.2) is 82.3 Å². The summed E-state index contributed by atoms with van der Waals surface area (Å²) in [7, 11) is 3.63. The summed E-state index contributed by atoms with van der Waals surface area (Å²) in [5.74, 6) is 2.26. The number of amides is 1. The molecule has 0 radical (unpaired) electrons. The molecule has 39 heavy (non-hydrogen) atoms. The Morgan fingerprint density at radius 2 is 2.03 bits per heavy atom. The number of rotatable bonds is 8. The highest BCUT2D eigenvalue weighted by molar-refractivity contribution is 6.35. The molecule has 3 aromatic rings. The first-order valence-corrected chi connectivity index (χ1v) is 14.3. The molecule has 11 heteroatoms. The van der Waals surface area contributed by atoms with Crippen LogP contribution in [0.2, 0.25) is 10.0 Å². The fourth-order valence-electron chi connectivity index (χ4n) is 5.72. The van der Waals surface area contributed by atoms with Crippen LogP contribution in [0.5, 0.6) is 0 Å². The molecule has 0 N–H and O–H groups in total. The fourth-order valence-corrected chi connectivity index (χ4v) is 6.29. The Morgan fingerprint density at radius 1 is 1.23 bits per heavy atom. The number of hydrogen-bond acceptors (Lipinski definition) is 7. The Bertz CT molecular complexity index is 1390. The number of carbonyl (C=O) groups is 1. The molecule has 2 atom stereocenters. The minimum atomic E-state index is -0.255. The van der Waals surface area contributed by atoms with Crippen molar-refractivity contribution in [1.29, 1.82) is 5.26 Å². The molecule has 2 aromatic heterocycles. The van der Waals surface area contributed by atoms with E-state index < -0.39 is 0 Å². The van der Waals surface area contributed by atoms with Gasteiger partial charge in [0.05, 0.1) is 12.2 Å². The zero-order chi connectivity index (χ0) is 27.7. The molecular formula is C28H34Cl2N8O. The number of aromatic nitrogens is 4. The highest BCUT2D eigenvalue weighted by Crippen LogP contribution is 2.35. The van der Waals surface area contributed by atoms with Gasteiger partial charge in [-0.25, -0.2) is 14.6 Å². The van der Waals surface area contributed by atoms with Gasteiger partial charge in [-0.1, -0.05) is 29.3 Å². The Labute approximate surface area is 239 Å². The number of carbonyl (C=O) groups excluding carboxylic acids is 1. The van der Waals surface area contributed by atoms with Crippen LogP contribution in [-0.2, 0) is 4.79 Å². The Balaban J connectivity index is 1.26. The first-order chi connectivity index (χ1) is 18.7. The zero-order valence-electron chi connectivity index (χ0n) is 22.6. The summed E-state index contributed by atoms with van der Waals surface area (Å²) < 4.78 is 1.73. The average Bonchev–Trinajstić information content (AvgIpc) is 3.26. The number of nitriles is 1. The number of piperidine rings is 1. The molecule has 1 amide bonds. The van der Waals surface area contributed by atoms with Gasteiger partial charge in [-0.3, -0.25) is 4.79 Å². The fraction of sp³-hybridized carbons (Fsp3) is 0.536. The maximum atomic E-state index is 11.9. The van der Waals surface area contributed by atoms with Crippen LogP contribution in [0.25, 0.3) is 11.2 Å². The van der Waals surface area contributed by atoms with E-state index in [-0.39, 0.29) is 17.6 Å². The van der Waals surface area contributed by atoms with E-state index >= 15 is 0 Å². The predicted octanol–water partition coefficient (Wildman–Crippen LogP) is 4.63. The van der Waals surface area contributed by atoms with Crippen LogP contribution in [0, 0.1) is 23.2 Å². The van der Waals surface area contributed by atoms with Crippen molar-refractivity contribution in [2.45, 2.75) is 38.6 Å². The normalized spacial score (nSPS) is 19.1. The molecular weight excluding hydrogens is 535 g/mol. The third-order valence-electron chi connectivity index (χ3n) is 8.08. The van der Waals surface area contributed by atoms with Gasteiger partial charge in [-0.2, -0.15) is 10.4 Å². The van der Waals surface area contributed by atoms with Crippen LogP contribution < -0.4 is 4.90 Å². The smallest absolute Gasteiger partial charge is 0.222 e. The summed E-state index contributed by atoms with van der Waals surface area (Å²) in [4.78, 5) is 27.9. The molecule has 0 aliphatic carbocycles. The van der Waals surface area contributed by atoms with Crippen molar-refractivity contribution in [3.8, 4) is 6.07 Å². The Morgan fingerprint density at radius 3 is 2.74 bits per heavy atom. The molecule has 4 heterocycles. The molecule has 2 fully saturated rings. The number of benzene rings is 1. The summed E-state index contributed by atoms with van der Waals surface area (Å²) in [5.41, 5.74) is 2.16. The second-order valence-electron chi connectivity index (χ2n) is 10.9. The lowest BCUT2D eigenvalue weighted by atomic mass is 9.80. The van der Waals surface area contributed by atoms with Crippen LogP contribution >= 0.6 is 23.2 Å². The predicted molar refractivity (Wildman–Crippen MR) is 153 cm³/mol. The zero-order valence-corrected chi connectivity index (χ0v) is 24.2. The Kier molecular flexibility index (Phi) is 8.27. The van der Waals surface area contributed by atoms with Crippen molar-refractivity contribution in [2.75, 3.05) is 51.7 Å². The van der Waals surface area contributed by atoms with E-state index in [1.54, 1.807) is 27.9 Å². The van der Waals surface area contributed by atoms with Crippen LogP contribution in [0.4, 0.5) is 5.82 Å². The summed E-state index contributed by atoms with van der Waals surface area (Å²) in [6.07, 6.45) is 5.72. The van der Waals surface area contributed by atoms with Gasteiger partial charge >= 0.3 is 0 Å². The van der Waals surface area contributed by atoms with Gasteiger partial charge in [0.15, 0.2) is 11.3 Å². The highest BCUT2D eigenvalue weighted by Gasteiger charge is 2.36. The molecule has 206 valence electrons. The lowest BCUT2D eigenvalue weighted by Crippen LogP contribution is -2.54. The molecule has 1 aromatic carbocycles. The molecule has 0 spiro atoms. The van der Waals surface area contributed by atoms with Crippen molar-refractivity contribution in [3.63, 3.8) is 0 Å². The van der Waals surface area contributed by atoms with Gasteiger partial charge in [0.1, 0.15) is 17.4 Å². The van der Waals surface area contributed by atoms with Gasteiger partial charge in [0.25, 0.3) is 0 Å².